The lowest BCUT2D eigenvalue weighted by atomic mass is 9.50. The van der Waals surface area contributed by atoms with Crippen LogP contribution in [-0.2, 0) is 29.8 Å². The van der Waals surface area contributed by atoms with Crippen molar-refractivity contribution >= 4 is 28.9 Å². The fourth-order valence-corrected chi connectivity index (χ4v) is 6.49. The third-order valence-electron chi connectivity index (χ3n) is 6.29. The molecule has 5 nitrogen and oxygen atoms in total. The van der Waals surface area contributed by atoms with E-state index in [1.54, 1.807) is 0 Å². The summed E-state index contributed by atoms with van der Waals surface area (Å²) in [6, 6.07) is 10.6. The van der Waals surface area contributed by atoms with Crippen molar-refractivity contribution in [3.8, 4) is 0 Å². The van der Waals surface area contributed by atoms with Crippen LogP contribution in [0.3, 0.4) is 0 Å². The Morgan fingerprint density at radius 1 is 1.13 bits per heavy atom. The van der Waals surface area contributed by atoms with Crippen LogP contribution in [0.5, 0.6) is 0 Å². The molecule has 5 rings (SSSR count). The van der Waals surface area contributed by atoms with Gasteiger partial charge in [0.25, 0.3) is 0 Å². The first-order valence-electron chi connectivity index (χ1n) is 10.0. The number of hydrogen-bond donors (Lipinski definition) is 0. The number of ether oxygens (including phenoxy) is 1. The average Bonchev–Trinajstić information content (AvgIpc) is 2.70. The van der Waals surface area contributed by atoms with E-state index in [1.807, 2.05) is 0 Å². The van der Waals surface area contributed by atoms with Crippen LogP contribution in [0.2, 0.25) is 0 Å². The second kappa shape index (κ2) is 10.2. The van der Waals surface area contributed by atoms with Gasteiger partial charge in [-0.2, -0.15) is 13.1 Å². The molecule has 1 aromatic carbocycles. The van der Waals surface area contributed by atoms with Crippen LogP contribution in [-0.4, -0.2) is 30.3 Å². The van der Waals surface area contributed by atoms with E-state index in [9.17, 15) is 18.8 Å². The SMILES string of the molecule is C[S+](C)c1ccccc1.O=C(OCC12CC3CC(CC(C3)C1)C2)C(F)(F)SOO[O-]. The minimum absolute atomic E-state index is 0.0315. The van der Waals surface area contributed by atoms with Gasteiger partial charge in [0, 0.05) is 16.3 Å². The Morgan fingerprint density at radius 3 is 2.10 bits per heavy atom. The molecular formula is C21H28F2O5S2. The van der Waals surface area contributed by atoms with Gasteiger partial charge in [-0.05, 0) is 68.4 Å². The first-order chi connectivity index (χ1) is 14.2. The van der Waals surface area contributed by atoms with Gasteiger partial charge in [-0.15, -0.1) is 0 Å². The van der Waals surface area contributed by atoms with Crippen molar-refractivity contribution in [3.05, 3.63) is 30.3 Å². The summed E-state index contributed by atoms with van der Waals surface area (Å²) in [4.78, 5) is 12.9. The maximum absolute atomic E-state index is 13.3. The summed E-state index contributed by atoms with van der Waals surface area (Å²) in [5.41, 5.74) is -0.124. The first-order valence-corrected chi connectivity index (χ1v) is 12.8. The van der Waals surface area contributed by atoms with Gasteiger partial charge in [-0.1, -0.05) is 18.2 Å². The molecule has 4 bridgehead atoms. The Bertz CT molecular complexity index is 667. The zero-order chi connectivity index (χ0) is 21.8. The van der Waals surface area contributed by atoms with Gasteiger partial charge in [0.15, 0.2) is 4.90 Å². The summed E-state index contributed by atoms with van der Waals surface area (Å²) < 4.78 is 35.0. The summed E-state index contributed by atoms with van der Waals surface area (Å²) in [5.74, 6) is 0.284. The Kier molecular flexibility index (Phi) is 8.06. The number of carbonyl (C=O) groups is 1. The van der Waals surface area contributed by atoms with E-state index in [0.717, 1.165) is 19.3 Å². The van der Waals surface area contributed by atoms with Crippen molar-refractivity contribution in [2.75, 3.05) is 19.1 Å². The second-order valence-electron chi connectivity index (χ2n) is 8.86. The van der Waals surface area contributed by atoms with Crippen molar-refractivity contribution < 1.29 is 32.9 Å². The quantitative estimate of drug-likeness (QED) is 0.200. The van der Waals surface area contributed by atoms with Crippen LogP contribution in [0.25, 0.3) is 0 Å². The number of rotatable bonds is 7. The molecule has 0 amide bonds. The van der Waals surface area contributed by atoms with E-state index >= 15 is 0 Å². The molecule has 0 N–H and O–H groups in total. The highest BCUT2D eigenvalue weighted by molar-refractivity contribution is 7.96. The standard InChI is InChI=1S/C13H18F2O5S.C8H11S/c14-13(15,21-20-19-17)11(16)18-7-12-4-8-1-9(5-12)3-10(2-8)6-12;1-9(2)8-6-4-3-5-7-8/h8-10,17H,1-7H2;3-7H,1-2H3/q;+1/p-1. The minimum Gasteiger partial charge on any atom is -0.691 e. The van der Waals surface area contributed by atoms with E-state index < -0.39 is 23.3 Å². The number of benzene rings is 1. The lowest BCUT2D eigenvalue weighted by Gasteiger charge is -2.56. The highest BCUT2D eigenvalue weighted by Crippen LogP contribution is 2.60. The molecule has 0 unspecified atom stereocenters. The summed E-state index contributed by atoms with van der Waals surface area (Å²) in [6.07, 6.45) is 11.0. The Balaban J connectivity index is 0.000000239. The van der Waals surface area contributed by atoms with Crippen LogP contribution in [0.4, 0.5) is 8.78 Å². The third-order valence-corrected chi connectivity index (χ3v) is 8.01. The predicted molar refractivity (Wildman–Crippen MR) is 110 cm³/mol. The molecular weight excluding hydrogens is 434 g/mol. The molecule has 0 saturated heterocycles. The Morgan fingerprint density at radius 2 is 1.67 bits per heavy atom. The van der Waals surface area contributed by atoms with Crippen molar-refractivity contribution in [1.29, 1.82) is 0 Å². The molecule has 0 heterocycles. The highest BCUT2D eigenvalue weighted by atomic mass is 32.2. The fourth-order valence-electron chi connectivity index (χ4n) is 5.55. The van der Waals surface area contributed by atoms with Crippen LogP contribution in [0, 0.1) is 23.2 Å². The molecule has 4 fully saturated rings. The number of alkyl halides is 2. The fraction of sp³-hybridized carbons (Fsp3) is 0.667. The number of halogens is 2. The molecule has 1 aromatic rings. The number of esters is 1. The van der Waals surface area contributed by atoms with Gasteiger partial charge in [0.1, 0.15) is 24.6 Å². The van der Waals surface area contributed by atoms with E-state index in [2.05, 4.69) is 52.2 Å². The molecule has 0 aromatic heterocycles. The molecule has 0 aliphatic heterocycles. The number of hydrogen-bond acceptors (Lipinski definition) is 6. The van der Waals surface area contributed by atoms with Crippen LogP contribution >= 0.6 is 12.0 Å². The summed E-state index contributed by atoms with van der Waals surface area (Å²) in [5, 5.41) is 8.45. The van der Waals surface area contributed by atoms with E-state index in [1.165, 1.54) is 24.2 Å². The average molecular weight is 463 g/mol. The van der Waals surface area contributed by atoms with Crippen molar-refractivity contribution in [1.82, 2.24) is 0 Å². The number of carbonyl (C=O) groups excluding carboxylic acids is 1. The zero-order valence-corrected chi connectivity index (χ0v) is 18.8. The highest BCUT2D eigenvalue weighted by Gasteiger charge is 2.52. The molecule has 0 spiro atoms. The van der Waals surface area contributed by atoms with E-state index in [-0.39, 0.29) is 12.0 Å². The van der Waals surface area contributed by atoms with Crippen molar-refractivity contribution in [2.45, 2.75) is 48.7 Å². The monoisotopic (exact) mass is 462 g/mol. The molecule has 9 heteroatoms. The molecule has 168 valence electrons. The van der Waals surface area contributed by atoms with Crippen molar-refractivity contribution in [3.63, 3.8) is 0 Å². The Labute approximate surface area is 183 Å². The summed E-state index contributed by atoms with van der Waals surface area (Å²) >= 11 is -0.639. The maximum Gasteiger partial charge on any atom is 0.415 e. The van der Waals surface area contributed by atoms with E-state index in [4.69, 9.17) is 4.74 Å². The lowest BCUT2D eigenvalue weighted by Crippen LogP contribution is -2.49. The van der Waals surface area contributed by atoms with Gasteiger partial charge in [-0.25, -0.2) is 4.79 Å². The predicted octanol–water partition coefficient (Wildman–Crippen LogP) is 4.13. The summed E-state index contributed by atoms with van der Waals surface area (Å²) in [6.45, 7) is 0.0315. The van der Waals surface area contributed by atoms with Crippen LogP contribution in [0.1, 0.15) is 38.5 Å². The molecule has 4 aliphatic carbocycles. The minimum atomic E-state index is -3.94. The largest absolute Gasteiger partial charge is 0.691 e. The first kappa shape index (κ1) is 23.8. The smallest absolute Gasteiger partial charge is 0.415 e. The van der Waals surface area contributed by atoms with Gasteiger partial charge in [0.2, 0.25) is 0 Å². The maximum atomic E-state index is 13.3. The topological polar surface area (TPSA) is 67.8 Å². The van der Waals surface area contributed by atoms with Crippen LogP contribution in [0.15, 0.2) is 35.2 Å². The zero-order valence-electron chi connectivity index (χ0n) is 17.2. The molecule has 4 saturated carbocycles. The third kappa shape index (κ3) is 6.09. The lowest BCUT2D eigenvalue weighted by molar-refractivity contribution is -0.777. The summed E-state index contributed by atoms with van der Waals surface area (Å²) in [7, 11) is 0.421. The van der Waals surface area contributed by atoms with E-state index in [0.29, 0.717) is 28.6 Å². The Hall–Kier alpha value is -0.870. The van der Waals surface area contributed by atoms with Gasteiger partial charge >= 0.3 is 11.2 Å². The molecule has 4 aliphatic rings. The van der Waals surface area contributed by atoms with Crippen molar-refractivity contribution in [2.24, 2.45) is 23.2 Å². The molecule has 0 radical (unpaired) electrons. The molecule has 30 heavy (non-hydrogen) atoms. The normalized spacial score (nSPS) is 29.5. The van der Waals surface area contributed by atoms with Crippen LogP contribution < -0.4 is 5.26 Å². The van der Waals surface area contributed by atoms with Gasteiger partial charge < -0.3 is 9.99 Å². The molecule has 0 atom stereocenters. The van der Waals surface area contributed by atoms with Gasteiger partial charge in [-0.3, -0.25) is 5.04 Å². The van der Waals surface area contributed by atoms with Gasteiger partial charge in [0.05, 0.1) is 6.61 Å². The second-order valence-corrected chi connectivity index (χ2v) is 11.8.